The zero-order chi connectivity index (χ0) is 18.7. The Labute approximate surface area is 157 Å². The molecule has 0 bridgehead atoms. The van der Waals surface area contributed by atoms with E-state index >= 15 is 0 Å². The number of likely N-dealkylation sites (tertiary alicyclic amines) is 1. The fraction of sp³-hybridized carbons (Fsp3) is 0.556. The van der Waals surface area contributed by atoms with Crippen LogP contribution in [-0.2, 0) is 16.0 Å². The topological polar surface area (TPSA) is 91.0 Å². The van der Waals surface area contributed by atoms with Crippen LogP contribution < -0.4 is 5.32 Å². The Balaban J connectivity index is 1.73. The molecule has 0 unspecified atom stereocenters. The van der Waals surface area contributed by atoms with Gasteiger partial charge in [0.15, 0.2) is 5.82 Å². The maximum Gasteiger partial charge on any atom is 0.227 e. The van der Waals surface area contributed by atoms with Gasteiger partial charge >= 0.3 is 0 Å². The molecule has 0 radical (unpaired) electrons. The van der Waals surface area contributed by atoms with Crippen LogP contribution in [0.15, 0.2) is 16.8 Å². The average Bonchev–Trinajstić information content (AvgIpc) is 3.27. The molecule has 2 atom stereocenters. The second-order valence-electron chi connectivity index (χ2n) is 7.25. The summed E-state index contributed by atoms with van der Waals surface area (Å²) < 4.78 is 0. The first-order chi connectivity index (χ1) is 12.4. The highest BCUT2D eigenvalue weighted by Crippen LogP contribution is 2.31. The molecule has 0 aromatic carbocycles. The van der Waals surface area contributed by atoms with E-state index in [0.717, 1.165) is 11.4 Å². The third-order valence-corrected chi connectivity index (χ3v) is 5.16. The van der Waals surface area contributed by atoms with E-state index in [1.54, 1.807) is 16.2 Å². The molecule has 0 aliphatic carbocycles. The van der Waals surface area contributed by atoms with Gasteiger partial charge < -0.3 is 10.2 Å². The van der Waals surface area contributed by atoms with E-state index in [1.165, 1.54) is 0 Å². The van der Waals surface area contributed by atoms with Gasteiger partial charge in [0.25, 0.3) is 0 Å². The molecule has 8 heteroatoms. The molecule has 2 aromatic heterocycles. The molecule has 1 aliphatic rings. The summed E-state index contributed by atoms with van der Waals surface area (Å²) >= 11 is 1.58. The van der Waals surface area contributed by atoms with Crippen molar-refractivity contribution in [3.05, 3.63) is 34.0 Å². The number of hydrogen-bond acceptors (Lipinski definition) is 5. The van der Waals surface area contributed by atoms with Crippen LogP contribution in [0, 0.1) is 12.8 Å². The van der Waals surface area contributed by atoms with Crippen LogP contribution in [-0.4, -0.2) is 44.5 Å². The monoisotopic (exact) mass is 375 g/mol. The molecule has 26 heavy (non-hydrogen) atoms. The third-order valence-electron chi connectivity index (χ3n) is 4.43. The zero-order valence-electron chi connectivity index (χ0n) is 15.4. The molecule has 7 nitrogen and oxygen atoms in total. The highest BCUT2D eigenvalue weighted by molar-refractivity contribution is 7.08. The Kier molecular flexibility index (Phi) is 5.70. The first-order valence-electron chi connectivity index (χ1n) is 8.91. The van der Waals surface area contributed by atoms with Crippen molar-refractivity contribution in [1.29, 1.82) is 0 Å². The molecule has 0 spiro atoms. The molecule has 1 saturated heterocycles. The number of aromatic nitrogens is 3. The fourth-order valence-electron chi connectivity index (χ4n) is 3.30. The fourth-order valence-corrected chi connectivity index (χ4v) is 3.97. The quantitative estimate of drug-likeness (QED) is 0.810. The van der Waals surface area contributed by atoms with Gasteiger partial charge in [-0.2, -0.15) is 16.4 Å². The first-order valence-corrected chi connectivity index (χ1v) is 9.85. The largest absolute Gasteiger partial charge is 0.351 e. The minimum atomic E-state index is -0.213. The van der Waals surface area contributed by atoms with Crippen molar-refractivity contribution < 1.29 is 9.59 Å². The summed E-state index contributed by atoms with van der Waals surface area (Å²) in [5, 5.41) is 14.1. The Morgan fingerprint density at radius 2 is 2.27 bits per heavy atom. The summed E-state index contributed by atoms with van der Waals surface area (Å²) in [6.07, 6.45) is 1.48. The van der Waals surface area contributed by atoms with Gasteiger partial charge in [-0.15, -0.1) is 0 Å². The van der Waals surface area contributed by atoms with Gasteiger partial charge in [-0.25, -0.2) is 4.98 Å². The van der Waals surface area contributed by atoms with Crippen LogP contribution in [0.4, 0.5) is 0 Å². The number of thiophene rings is 1. The number of carbonyl (C=O) groups excluding carboxylic acids is 2. The van der Waals surface area contributed by atoms with Crippen LogP contribution in [0.3, 0.4) is 0 Å². The molecule has 1 aliphatic heterocycles. The van der Waals surface area contributed by atoms with Gasteiger partial charge in [-0.3, -0.25) is 14.7 Å². The number of hydrogen-bond donors (Lipinski definition) is 2. The average molecular weight is 375 g/mol. The second kappa shape index (κ2) is 7.99. The van der Waals surface area contributed by atoms with Crippen molar-refractivity contribution in [1.82, 2.24) is 25.4 Å². The maximum absolute atomic E-state index is 12.9. The smallest absolute Gasteiger partial charge is 0.227 e. The van der Waals surface area contributed by atoms with Gasteiger partial charge in [0.05, 0.1) is 12.5 Å². The SMILES string of the molecule is Cc1nc([C@@H]2C[C@H](NC(=O)CC(C)C)CN2C(=O)Cc2ccsc2)n[nH]1. The molecule has 140 valence electrons. The Bertz CT molecular complexity index is 755. The molecule has 2 N–H and O–H groups in total. The number of aromatic amines is 1. The highest BCUT2D eigenvalue weighted by atomic mass is 32.1. The minimum Gasteiger partial charge on any atom is -0.351 e. The van der Waals surface area contributed by atoms with Crippen LogP contribution in [0.1, 0.15) is 49.9 Å². The Morgan fingerprint density at radius 3 is 2.88 bits per heavy atom. The lowest BCUT2D eigenvalue weighted by atomic mass is 10.1. The number of rotatable bonds is 6. The lowest BCUT2D eigenvalue weighted by molar-refractivity contribution is -0.132. The van der Waals surface area contributed by atoms with Crippen molar-refractivity contribution in [2.45, 2.75) is 52.1 Å². The van der Waals surface area contributed by atoms with E-state index in [2.05, 4.69) is 20.5 Å². The number of carbonyl (C=O) groups is 2. The molecule has 3 rings (SSSR count). The summed E-state index contributed by atoms with van der Waals surface area (Å²) in [5.74, 6) is 1.71. The predicted octanol–water partition coefficient (Wildman–Crippen LogP) is 2.22. The molecular weight excluding hydrogens is 350 g/mol. The van der Waals surface area contributed by atoms with Crippen molar-refractivity contribution in [3.8, 4) is 0 Å². The van der Waals surface area contributed by atoms with E-state index in [1.807, 2.05) is 37.6 Å². The van der Waals surface area contributed by atoms with E-state index in [9.17, 15) is 9.59 Å². The minimum absolute atomic E-state index is 0.0297. The molecule has 1 fully saturated rings. The summed E-state index contributed by atoms with van der Waals surface area (Å²) in [6, 6.07) is 1.68. The Morgan fingerprint density at radius 1 is 1.46 bits per heavy atom. The number of nitrogens with one attached hydrogen (secondary N) is 2. The lowest BCUT2D eigenvalue weighted by Gasteiger charge is -2.22. The molecule has 2 amide bonds. The molecule has 2 aromatic rings. The van der Waals surface area contributed by atoms with Crippen LogP contribution in [0.25, 0.3) is 0 Å². The van der Waals surface area contributed by atoms with Crippen LogP contribution in [0.5, 0.6) is 0 Å². The predicted molar refractivity (Wildman–Crippen MR) is 99.6 cm³/mol. The highest BCUT2D eigenvalue weighted by Gasteiger charge is 2.38. The van der Waals surface area contributed by atoms with E-state index < -0.39 is 0 Å². The van der Waals surface area contributed by atoms with Gasteiger partial charge in [-0.1, -0.05) is 13.8 Å². The normalized spacial score (nSPS) is 19.9. The molecule has 3 heterocycles. The summed E-state index contributed by atoms with van der Waals surface area (Å²) in [5.41, 5.74) is 1.01. The van der Waals surface area contributed by atoms with Crippen molar-refractivity contribution in [2.24, 2.45) is 5.92 Å². The van der Waals surface area contributed by atoms with Crippen LogP contribution in [0.2, 0.25) is 0 Å². The van der Waals surface area contributed by atoms with Crippen molar-refractivity contribution in [3.63, 3.8) is 0 Å². The lowest BCUT2D eigenvalue weighted by Crippen LogP contribution is -2.39. The van der Waals surface area contributed by atoms with Crippen LogP contribution >= 0.6 is 11.3 Å². The van der Waals surface area contributed by atoms with Crippen molar-refractivity contribution >= 4 is 23.2 Å². The summed E-state index contributed by atoms with van der Waals surface area (Å²) in [6.45, 7) is 6.37. The first kappa shape index (κ1) is 18.6. The van der Waals surface area contributed by atoms with Gasteiger partial charge in [0.1, 0.15) is 5.82 Å². The maximum atomic E-state index is 12.9. The van der Waals surface area contributed by atoms with Gasteiger partial charge in [0, 0.05) is 19.0 Å². The van der Waals surface area contributed by atoms with Crippen molar-refractivity contribution in [2.75, 3.05) is 6.54 Å². The summed E-state index contributed by atoms with van der Waals surface area (Å²) in [7, 11) is 0. The third kappa shape index (κ3) is 4.49. The zero-order valence-corrected chi connectivity index (χ0v) is 16.2. The van der Waals surface area contributed by atoms with Gasteiger partial charge in [-0.05, 0) is 41.7 Å². The molecule has 0 saturated carbocycles. The number of aryl methyl sites for hydroxylation is 1. The van der Waals surface area contributed by atoms with E-state index in [4.69, 9.17) is 0 Å². The molecular formula is C18H25N5O2S. The number of nitrogens with zero attached hydrogens (tertiary/aromatic N) is 3. The number of amides is 2. The standard InChI is InChI=1S/C18H25N5O2S/c1-11(2)6-16(24)20-14-8-15(18-19-12(3)21-22-18)23(9-14)17(25)7-13-4-5-26-10-13/h4-5,10-11,14-15H,6-9H2,1-3H3,(H,20,24)(H,19,21,22)/t14-,15-/m0/s1. The number of H-pyrrole nitrogens is 1. The Hall–Kier alpha value is -2.22. The van der Waals surface area contributed by atoms with Gasteiger partial charge in [0.2, 0.25) is 11.8 Å². The van der Waals surface area contributed by atoms with E-state index in [0.29, 0.717) is 37.5 Å². The van der Waals surface area contributed by atoms with E-state index in [-0.39, 0.29) is 23.9 Å². The second-order valence-corrected chi connectivity index (χ2v) is 8.03. The summed E-state index contributed by atoms with van der Waals surface area (Å²) in [4.78, 5) is 31.2.